The zero-order valence-corrected chi connectivity index (χ0v) is 22.5. The number of carbonyl (C=O) groups is 2. The number of hydrogen-bond donors (Lipinski definition) is 4. The maximum Gasteiger partial charge on any atom is 0.317 e. The lowest BCUT2D eigenvalue weighted by Gasteiger charge is -2.29. The number of carboxylic acids is 2. The van der Waals surface area contributed by atoms with E-state index in [1.165, 1.54) is 24.3 Å². The van der Waals surface area contributed by atoms with Crippen LogP contribution >= 0.6 is 0 Å². The molecule has 0 saturated heterocycles. The smallest absolute Gasteiger partial charge is 0.317 e. The van der Waals surface area contributed by atoms with E-state index in [0.29, 0.717) is 43.9 Å². The Balaban J connectivity index is 1.76. The zero-order chi connectivity index (χ0) is 29.8. The van der Waals surface area contributed by atoms with E-state index in [2.05, 4.69) is 0 Å². The van der Waals surface area contributed by atoms with Crippen molar-refractivity contribution in [1.29, 1.82) is 0 Å². The van der Waals surface area contributed by atoms with Crippen LogP contribution in [0.2, 0.25) is 0 Å². The van der Waals surface area contributed by atoms with Crippen LogP contribution in [0.1, 0.15) is 16.7 Å². The molecule has 4 N–H and O–H groups in total. The first-order valence-corrected chi connectivity index (χ1v) is 13.0. The first kappa shape index (κ1) is 31.0. The van der Waals surface area contributed by atoms with Gasteiger partial charge >= 0.3 is 11.9 Å². The normalized spacial score (nSPS) is 11.3. The minimum absolute atomic E-state index is 0.0362. The number of nitro groups is 1. The van der Waals surface area contributed by atoms with Crippen molar-refractivity contribution in [3.05, 3.63) is 99.6 Å². The van der Waals surface area contributed by atoms with Gasteiger partial charge in [-0.15, -0.1) is 0 Å². The average Bonchev–Trinajstić information content (AvgIpc) is 2.92. The number of aromatic hydroxyl groups is 2. The number of non-ortho nitro benzene ring substituents is 1. The number of para-hydroxylation sites is 2. The molecule has 3 aromatic rings. The van der Waals surface area contributed by atoms with Crippen LogP contribution in [0.15, 0.2) is 72.8 Å². The van der Waals surface area contributed by atoms with E-state index in [0.717, 1.165) is 5.56 Å². The fraction of sp³-hybridized carbons (Fsp3) is 0.310. The van der Waals surface area contributed by atoms with E-state index in [9.17, 15) is 40.1 Å². The van der Waals surface area contributed by atoms with E-state index < -0.39 is 16.9 Å². The van der Waals surface area contributed by atoms with Crippen molar-refractivity contribution >= 4 is 17.6 Å². The Morgan fingerprint density at radius 1 is 0.634 bits per heavy atom. The second-order valence-electron chi connectivity index (χ2n) is 9.67. The standard InChI is InChI=1S/C29H34N4O8/c34-26-7-3-1-5-23(26)18-31(20-28(36)37)15-13-30(17-22-9-11-25(12-10-22)33(40)41)14-16-32(21-29(38)39)19-24-6-2-4-8-27(24)35/h1-12,34-35H,13-21H2,(H,36,37)(H,38,39). The lowest BCUT2D eigenvalue weighted by atomic mass is 10.1. The molecule has 0 heterocycles. The summed E-state index contributed by atoms with van der Waals surface area (Å²) in [5, 5.41) is 50.4. The summed E-state index contributed by atoms with van der Waals surface area (Å²) >= 11 is 0. The molecule has 0 saturated carbocycles. The highest BCUT2D eigenvalue weighted by Gasteiger charge is 2.18. The number of rotatable bonds is 17. The van der Waals surface area contributed by atoms with Gasteiger partial charge in [-0.25, -0.2) is 0 Å². The van der Waals surface area contributed by atoms with E-state index in [-0.39, 0.29) is 43.4 Å². The summed E-state index contributed by atoms with van der Waals surface area (Å²) in [5.41, 5.74) is 1.94. The van der Waals surface area contributed by atoms with E-state index in [1.807, 2.05) is 4.90 Å². The van der Waals surface area contributed by atoms with Gasteiger partial charge in [0.05, 0.1) is 18.0 Å². The number of hydrogen-bond acceptors (Lipinski definition) is 9. The summed E-state index contributed by atoms with van der Waals surface area (Å²) in [5.74, 6) is -1.89. The lowest BCUT2D eigenvalue weighted by molar-refractivity contribution is -0.384. The summed E-state index contributed by atoms with van der Waals surface area (Å²) in [4.78, 5) is 39.1. The van der Waals surface area contributed by atoms with Gasteiger partial charge in [0.15, 0.2) is 0 Å². The van der Waals surface area contributed by atoms with Crippen LogP contribution in [0.5, 0.6) is 11.5 Å². The zero-order valence-electron chi connectivity index (χ0n) is 22.5. The maximum atomic E-state index is 11.6. The molecule has 0 aliphatic carbocycles. The van der Waals surface area contributed by atoms with Gasteiger partial charge in [0.2, 0.25) is 0 Å². The molecule has 0 aliphatic heterocycles. The molecule has 0 amide bonds. The molecule has 218 valence electrons. The van der Waals surface area contributed by atoms with Gasteiger partial charge in [-0.2, -0.15) is 0 Å². The molecule has 0 spiro atoms. The molecule has 0 radical (unpaired) electrons. The van der Waals surface area contributed by atoms with Crippen LogP contribution in [0, 0.1) is 10.1 Å². The maximum absolute atomic E-state index is 11.6. The molecular weight excluding hydrogens is 532 g/mol. The molecular formula is C29H34N4O8. The van der Waals surface area contributed by atoms with Crippen molar-refractivity contribution in [3.63, 3.8) is 0 Å². The van der Waals surface area contributed by atoms with Gasteiger partial charge in [-0.1, -0.05) is 48.5 Å². The second kappa shape index (κ2) is 15.3. The molecule has 0 bridgehead atoms. The van der Waals surface area contributed by atoms with Crippen molar-refractivity contribution in [1.82, 2.24) is 14.7 Å². The highest BCUT2D eigenvalue weighted by atomic mass is 16.6. The molecule has 0 fully saturated rings. The largest absolute Gasteiger partial charge is 0.508 e. The number of phenols is 2. The van der Waals surface area contributed by atoms with Crippen molar-refractivity contribution in [2.24, 2.45) is 0 Å². The molecule has 3 aromatic carbocycles. The molecule has 0 atom stereocenters. The topological polar surface area (TPSA) is 168 Å². The highest BCUT2D eigenvalue weighted by Crippen LogP contribution is 2.20. The van der Waals surface area contributed by atoms with Crippen LogP contribution in [0.25, 0.3) is 0 Å². The van der Waals surface area contributed by atoms with Gasteiger partial charge in [0.25, 0.3) is 5.69 Å². The first-order valence-electron chi connectivity index (χ1n) is 13.0. The molecule has 0 aliphatic rings. The summed E-state index contributed by atoms with van der Waals surface area (Å²) in [6.45, 7) is 1.75. The van der Waals surface area contributed by atoms with Gasteiger partial charge in [0.1, 0.15) is 11.5 Å². The third-order valence-electron chi connectivity index (χ3n) is 6.51. The SMILES string of the molecule is O=C(O)CN(CCN(CCN(CC(=O)O)Cc1ccccc1O)Cc1ccc([N+](=O)[O-])cc1)Cc1ccccc1O. The van der Waals surface area contributed by atoms with Gasteiger partial charge in [0, 0.05) is 69.1 Å². The fourth-order valence-electron chi connectivity index (χ4n) is 4.40. The van der Waals surface area contributed by atoms with Crippen molar-refractivity contribution in [3.8, 4) is 11.5 Å². The van der Waals surface area contributed by atoms with Crippen molar-refractivity contribution in [2.45, 2.75) is 19.6 Å². The van der Waals surface area contributed by atoms with E-state index >= 15 is 0 Å². The number of carboxylic acid groups (broad SMARTS) is 2. The number of nitro benzene ring substituents is 1. The molecule has 0 aromatic heterocycles. The van der Waals surface area contributed by atoms with Crippen LogP contribution < -0.4 is 0 Å². The third kappa shape index (κ3) is 10.5. The van der Waals surface area contributed by atoms with Gasteiger partial charge in [-0.05, 0) is 17.7 Å². The monoisotopic (exact) mass is 566 g/mol. The minimum atomic E-state index is -1.02. The Bertz CT molecular complexity index is 1250. The van der Waals surface area contributed by atoms with E-state index in [1.54, 1.807) is 58.3 Å². The number of aliphatic carboxylic acids is 2. The van der Waals surface area contributed by atoms with Gasteiger partial charge < -0.3 is 20.4 Å². The highest BCUT2D eigenvalue weighted by molar-refractivity contribution is 5.69. The fourth-order valence-corrected chi connectivity index (χ4v) is 4.40. The Morgan fingerprint density at radius 2 is 1.05 bits per heavy atom. The van der Waals surface area contributed by atoms with Crippen molar-refractivity contribution < 1.29 is 34.9 Å². The van der Waals surface area contributed by atoms with Crippen LogP contribution in [-0.2, 0) is 29.2 Å². The summed E-state index contributed by atoms with van der Waals surface area (Å²) in [6.07, 6.45) is 0. The first-order chi connectivity index (χ1) is 19.6. The number of phenolic OH excluding ortho intramolecular Hbond substituents is 2. The lowest BCUT2D eigenvalue weighted by Crippen LogP contribution is -2.41. The number of nitrogens with zero attached hydrogens (tertiary/aromatic N) is 4. The van der Waals surface area contributed by atoms with Crippen molar-refractivity contribution in [2.75, 3.05) is 39.3 Å². The van der Waals surface area contributed by atoms with Crippen LogP contribution in [-0.4, -0.2) is 91.3 Å². The quantitative estimate of drug-likeness (QED) is 0.140. The molecule has 12 nitrogen and oxygen atoms in total. The molecule has 3 rings (SSSR count). The Labute approximate surface area is 237 Å². The van der Waals surface area contributed by atoms with Gasteiger partial charge in [-0.3, -0.25) is 34.4 Å². The predicted octanol–water partition coefficient (Wildman–Crippen LogP) is 2.98. The predicted molar refractivity (Wildman–Crippen MR) is 150 cm³/mol. The molecule has 41 heavy (non-hydrogen) atoms. The second-order valence-corrected chi connectivity index (χ2v) is 9.67. The average molecular weight is 567 g/mol. The van der Waals surface area contributed by atoms with E-state index in [4.69, 9.17) is 0 Å². The Morgan fingerprint density at radius 3 is 1.44 bits per heavy atom. The number of benzene rings is 3. The minimum Gasteiger partial charge on any atom is -0.508 e. The van der Waals surface area contributed by atoms with Crippen LogP contribution in [0.3, 0.4) is 0 Å². The Kier molecular flexibility index (Phi) is 11.6. The van der Waals surface area contributed by atoms with Crippen LogP contribution in [0.4, 0.5) is 5.69 Å². The summed E-state index contributed by atoms with van der Waals surface area (Å²) < 4.78 is 0. The molecule has 0 unspecified atom stereocenters. The summed E-state index contributed by atoms with van der Waals surface area (Å²) in [7, 11) is 0. The molecule has 12 heteroatoms. The third-order valence-corrected chi connectivity index (χ3v) is 6.51. The Hall–Kier alpha value is -4.52. The summed E-state index contributed by atoms with van der Waals surface area (Å²) in [6, 6.07) is 19.5.